The largest absolute Gasteiger partial charge is 1.00 e. The van der Waals surface area contributed by atoms with Crippen molar-refractivity contribution < 1.29 is 211 Å². The maximum atomic E-state index is 4.41. The Morgan fingerprint density at radius 1 is 0.571 bits per heavy atom. The minimum absolute atomic E-state index is 0. The van der Waals surface area contributed by atoms with Gasteiger partial charge in [-0.25, -0.2) is 0 Å². The molecule has 2 heterocycles. The third-order valence-corrected chi connectivity index (χ3v) is 3.49. The van der Waals surface area contributed by atoms with Gasteiger partial charge in [-0.05, 0) is 0 Å². The summed E-state index contributed by atoms with van der Waals surface area (Å²) in [6.45, 7) is 0. The molecular formula is C18H18K4N6. The first-order chi connectivity index (χ1) is 11.9. The Morgan fingerprint density at radius 3 is 1.29 bits per heavy atom. The summed E-state index contributed by atoms with van der Waals surface area (Å²) in [5, 5.41) is 17.3. The van der Waals surface area contributed by atoms with Crippen LogP contribution in [0, 0.1) is 0 Å². The number of benzene rings is 2. The minimum atomic E-state index is 0. The second kappa shape index (κ2) is 16.6. The number of aromatic nitrogens is 6. The van der Waals surface area contributed by atoms with Gasteiger partial charge < -0.3 is 5.71 Å². The van der Waals surface area contributed by atoms with Gasteiger partial charge in [0.05, 0.1) is 24.8 Å². The van der Waals surface area contributed by atoms with Crippen LogP contribution < -0.4 is 206 Å². The molecule has 0 saturated heterocycles. The van der Waals surface area contributed by atoms with E-state index in [0.717, 1.165) is 22.5 Å². The van der Waals surface area contributed by atoms with E-state index in [0.29, 0.717) is 0 Å². The maximum absolute atomic E-state index is 4.41. The quantitative estimate of drug-likeness (QED) is 0.276. The number of nitrogens with zero attached hydrogens (tertiary/aromatic N) is 6. The van der Waals surface area contributed by atoms with Crippen LogP contribution in [-0.2, 0) is 0 Å². The van der Waals surface area contributed by atoms with Crippen molar-refractivity contribution in [1.82, 2.24) is 30.0 Å². The van der Waals surface area contributed by atoms with Crippen LogP contribution in [0.4, 0.5) is 0 Å². The molecule has 0 N–H and O–H groups in total. The van der Waals surface area contributed by atoms with Gasteiger partial charge >= 0.3 is 206 Å². The van der Waals surface area contributed by atoms with Crippen molar-refractivity contribution in [3.63, 3.8) is 0 Å². The van der Waals surface area contributed by atoms with Crippen molar-refractivity contribution >= 4 is 12.4 Å². The van der Waals surface area contributed by atoms with Crippen LogP contribution in [0.1, 0.15) is 5.71 Å². The minimum Gasteiger partial charge on any atom is -1.00 e. The van der Waals surface area contributed by atoms with Gasteiger partial charge in [0, 0.05) is 11.1 Å². The fourth-order valence-electron chi connectivity index (χ4n) is 2.30. The average Bonchev–Trinajstić information content (AvgIpc) is 3.31. The molecular weight excluding hydrogens is 457 g/mol. The van der Waals surface area contributed by atoms with Gasteiger partial charge in [0.25, 0.3) is 0 Å². The second-order valence-electron chi connectivity index (χ2n) is 5.13. The summed E-state index contributed by atoms with van der Waals surface area (Å²) >= 11 is 0. The molecule has 0 fully saturated rings. The molecule has 28 heavy (non-hydrogen) atoms. The Bertz CT molecular complexity index is 908. The topological polar surface area (TPSA) is 61.4 Å². The van der Waals surface area contributed by atoms with E-state index < -0.39 is 0 Å². The zero-order valence-electron chi connectivity index (χ0n) is 20.8. The third kappa shape index (κ3) is 9.10. The fraction of sp³-hybridized carbons (Fsp3) is 0. The maximum Gasteiger partial charge on any atom is 1.00 e. The van der Waals surface area contributed by atoms with Crippen molar-refractivity contribution in [2.75, 3.05) is 0 Å². The molecule has 0 bridgehead atoms. The van der Waals surface area contributed by atoms with Gasteiger partial charge in [0.15, 0.2) is 0 Å². The van der Waals surface area contributed by atoms with Crippen molar-refractivity contribution in [2.24, 2.45) is 0 Å². The zero-order valence-corrected chi connectivity index (χ0v) is 29.3. The van der Waals surface area contributed by atoms with Gasteiger partial charge in [-0.15, -0.1) is 10.2 Å². The molecule has 0 spiro atoms. The van der Waals surface area contributed by atoms with Gasteiger partial charge in [0.2, 0.25) is 0 Å². The van der Waals surface area contributed by atoms with E-state index in [1.54, 1.807) is 24.8 Å². The van der Waals surface area contributed by atoms with Crippen molar-refractivity contribution in [2.45, 2.75) is 0 Å². The fourth-order valence-corrected chi connectivity index (χ4v) is 2.30. The summed E-state index contributed by atoms with van der Waals surface area (Å²) < 4.78 is 0. The second-order valence-corrected chi connectivity index (χ2v) is 5.13. The smallest absolute Gasteiger partial charge is 1.00 e. The number of rotatable bonds is 4. The molecule has 0 unspecified atom stereocenters. The van der Waals surface area contributed by atoms with Crippen molar-refractivity contribution in [1.29, 1.82) is 0 Å². The van der Waals surface area contributed by atoms with Gasteiger partial charge in [0.1, 0.15) is 11.4 Å². The Morgan fingerprint density at radius 2 is 0.929 bits per heavy atom. The first-order valence-corrected chi connectivity index (χ1v) is 7.51. The van der Waals surface area contributed by atoms with E-state index in [4.69, 9.17) is 0 Å². The molecule has 0 aliphatic carbocycles. The molecule has 2 aromatic heterocycles. The first kappa shape index (κ1) is 31.0. The molecule has 0 aliphatic heterocycles. The molecule has 0 aliphatic rings. The molecule has 124 valence electrons. The van der Waals surface area contributed by atoms with E-state index >= 15 is 0 Å². The molecule has 0 radical (unpaired) electrons. The van der Waals surface area contributed by atoms with E-state index in [2.05, 4.69) is 20.4 Å². The normalized spacial score (nSPS) is 9.57. The molecule has 4 rings (SSSR count). The first-order valence-electron chi connectivity index (χ1n) is 7.51. The molecule has 10 heteroatoms. The van der Waals surface area contributed by atoms with Crippen LogP contribution in [0.15, 0.2) is 73.1 Å². The molecule has 0 amide bonds. The summed E-state index contributed by atoms with van der Waals surface area (Å²) in [6, 6.07) is 19.8. The van der Waals surface area contributed by atoms with Gasteiger partial charge in [-0.1, -0.05) is 60.7 Å². The molecule has 0 atom stereocenters. The SMILES string of the molecule is C(=Cn1ncc(-c2ccccc2)n1)n1ncc(-c2ccccc2)n1.[H-].[H-].[H-].[H-].[K+].[K+].[K+].[K+]. The van der Waals surface area contributed by atoms with E-state index in [1.807, 2.05) is 60.7 Å². The predicted octanol–water partition coefficient (Wildman–Crippen LogP) is -8.25. The Balaban J connectivity index is -0.000000304. The van der Waals surface area contributed by atoms with E-state index in [-0.39, 0.29) is 211 Å². The average molecular weight is 475 g/mol. The van der Waals surface area contributed by atoms with E-state index in [1.165, 1.54) is 9.59 Å². The molecule has 6 nitrogen and oxygen atoms in total. The summed E-state index contributed by atoms with van der Waals surface area (Å²) in [5.41, 5.74) is 3.69. The predicted molar refractivity (Wildman–Crippen MR) is 96.9 cm³/mol. The summed E-state index contributed by atoms with van der Waals surface area (Å²) in [4.78, 5) is 2.99. The Hall–Kier alpha value is 3.01. The third-order valence-electron chi connectivity index (χ3n) is 3.49. The summed E-state index contributed by atoms with van der Waals surface area (Å²) in [5.74, 6) is 0. The summed E-state index contributed by atoms with van der Waals surface area (Å²) in [6.07, 6.45) is 6.87. The standard InChI is InChI=1S/C18H14N6.4K.4H/c1-3-7-15(8-4-1)17-13-19-23(21-17)11-12-24-20-14-18(22-24)16-9-5-2-6-10-16;;;;;;;;/h1-14H;;;;;;;;/q;4*+1;4*-1. The molecule has 0 saturated carbocycles. The Labute approximate surface area is 340 Å². The van der Waals surface area contributed by atoms with Gasteiger partial charge in [-0.3, -0.25) is 0 Å². The molecule has 4 aromatic rings. The zero-order chi connectivity index (χ0) is 16.2. The van der Waals surface area contributed by atoms with Gasteiger partial charge in [-0.2, -0.15) is 19.8 Å². The van der Waals surface area contributed by atoms with Crippen LogP contribution in [0.3, 0.4) is 0 Å². The number of hydrogen-bond acceptors (Lipinski definition) is 4. The Kier molecular flexibility index (Phi) is 18.4. The van der Waals surface area contributed by atoms with Crippen LogP contribution in [0.5, 0.6) is 0 Å². The van der Waals surface area contributed by atoms with Crippen molar-refractivity contribution in [3.05, 3.63) is 73.1 Å². The summed E-state index contributed by atoms with van der Waals surface area (Å²) in [7, 11) is 0. The van der Waals surface area contributed by atoms with Crippen molar-refractivity contribution in [3.8, 4) is 22.5 Å². The van der Waals surface area contributed by atoms with Crippen LogP contribution in [-0.4, -0.2) is 30.0 Å². The van der Waals surface area contributed by atoms with Crippen LogP contribution >= 0.6 is 0 Å². The van der Waals surface area contributed by atoms with Crippen LogP contribution in [0.25, 0.3) is 34.9 Å². The monoisotopic (exact) mass is 474 g/mol. The van der Waals surface area contributed by atoms with E-state index in [9.17, 15) is 0 Å². The van der Waals surface area contributed by atoms with Crippen LogP contribution in [0.2, 0.25) is 0 Å². The molecule has 2 aromatic carbocycles. The number of hydrogen-bond donors (Lipinski definition) is 0.